The molecule has 0 spiro atoms. The van der Waals surface area contributed by atoms with Crippen molar-refractivity contribution < 1.29 is 25.2 Å². The number of carbonyl (C=O) groups is 1. The van der Waals surface area contributed by atoms with Gasteiger partial charge in [0.05, 0.1) is 18.8 Å². The molecule has 44 heavy (non-hydrogen) atoms. The molecule has 4 unspecified atom stereocenters. The van der Waals surface area contributed by atoms with Gasteiger partial charge in [-0.1, -0.05) is 120 Å². The molecule has 6 heteroatoms. The molecule has 0 radical (unpaired) electrons. The third kappa shape index (κ3) is 26.7. The van der Waals surface area contributed by atoms with E-state index in [9.17, 15) is 25.2 Å². The van der Waals surface area contributed by atoms with E-state index in [0.717, 1.165) is 70.6 Å². The summed E-state index contributed by atoms with van der Waals surface area (Å²) in [7, 11) is 0. The number of hydrogen-bond donors (Lipinski definition) is 5. The molecule has 0 bridgehead atoms. The average Bonchev–Trinajstić information content (AvgIpc) is 3.03. The first-order valence-corrected chi connectivity index (χ1v) is 18.0. The summed E-state index contributed by atoms with van der Waals surface area (Å²) >= 11 is 0. The van der Waals surface area contributed by atoms with Crippen molar-refractivity contribution in [1.82, 2.24) is 5.32 Å². The highest BCUT2D eigenvalue weighted by atomic mass is 16.3. The van der Waals surface area contributed by atoms with Gasteiger partial charge in [-0.2, -0.15) is 0 Å². The predicted octanol–water partition coefficient (Wildman–Crippen LogP) is 8.39. The first kappa shape index (κ1) is 42.3. The van der Waals surface area contributed by atoms with E-state index in [1.54, 1.807) is 0 Å². The molecule has 1 amide bonds. The Kier molecular flexibility index (Phi) is 31.4. The molecular weight excluding hydrogens is 550 g/mol. The summed E-state index contributed by atoms with van der Waals surface area (Å²) in [6, 6.07) is -1.01. The highest BCUT2D eigenvalue weighted by Crippen LogP contribution is 2.13. The van der Waals surface area contributed by atoms with Gasteiger partial charge in [0.15, 0.2) is 0 Å². The minimum Gasteiger partial charge on any atom is -0.394 e. The Morgan fingerprint density at radius 2 is 1.02 bits per heavy atom. The molecule has 0 aliphatic rings. The van der Waals surface area contributed by atoms with Gasteiger partial charge < -0.3 is 25.7 Å². The second-order valence-corrected chi connectivity index (χ2v) is 12.2. The maximum atomic E-state index is 12.4. The van der Waals surface area contributed by atoms with Crippen molar-refractivity contribution in [2.75, 3.05) is 6.61 Å². The molecule has 0 saturated heterocycles. The maximum absolute atomic E-state index is 12.4. The van der Waals surface area contributed by atoms with Gasteiger partial charge >= 0.3 is 0 Å². The van der Waals surface area contributed by atoms with Crippen LogP contribution in [0.5, 0.6) is 0 Å². The lowest BCUT2D eigenvalue weighted by atomic mass is 10.00. The molecule has 0 saturated carbocycles. The standard InChI is InChI=1S/C38H69NO5/c1-3-5-7-9-11-13-15-17-18-20-22-24-26-28-30-32-36(42)38(44)39-34(33-40)37(43)35(41)31-29-27-25-23-21-19-16-14-12-10-8-6-4-2/h6,8,14,16,18,20,23,25,34-37,40-43H,3-5,7,9-13,15,17,19,21-22,24,26-33H2,1-2H3,(H,39,44)/b8-6+,16-14+,20-18-,25-23+. The number of nitrogens with one attached hydrogen (secondary N) is 1. The number of amides is 1. The number of rotatable bonds is 31. The van der Waals surface area contributed by atoms with Gasteiger partial charge in [0, 0.05) is 0 Å². The molecule has 0 aromatic heterocycles. The second kappa shape index (κ2) is 32.7. The van der Waals surface area contributed by atoms with Gasteiger partial charge in [-0.3, -0.25) is 4.79 Å². The van der Waals surface area contributed by atoms with Crippen LogP contribution in [0.1, 0.15) is 155 Å². The Morgan fingerprint density at radius 3 is 1.55 bits per heavy atom. The minimum absolute atomic E-state index is 0.342. The van der Waals surface area contributed by atoms with Gasteiger partial charge in [-0.15, -0.1) is 0 Å². The van der Waals surface area contributed by atoms with Crippen LogP contribution in [0.2, 0.25) is 0 Å². The largest absolute Gasteiger partial charge is 0.394 e. The number of aliphatic hydroxyl groups is 4. The molecule has 256 valence electrons. The molecular formula is C38H69NO5. The van der Waals surface area contributed by atoms with E-state index in [0.29, 0.717) is 19.3 Å². The van der Waals surface area contributed by atoms with E-state index in [4.69, 9.17) is 0 Å². The van der Waals surface area contributed by atoms with E-state index in [2.05, 4.69) is 67.8 Å². The van der Waals surface area contributed by atoms with Crippen molar-refractivity contribution in [3.63, 3.8) is 0 Å². The van der Waals surface area contributed by atoms with Crippen LogP contribution in [0.4, 0.5) is 0 Å². The molecule has 0 aromatic carbocycles. The lowest BCUT2D eigenvalue weighted by Gasteiger charge is -2.27. The van der Waals surface area contributed by atoms with E-state index < -0.39 is 36.9 Å². The fraction of sp³-hybridized carbons (Fsp3) is 0.763. The van der Waals surface area contributed by atoms with E-state index in [1.807, 2.05) is 0 Å². The lowest BCUT2D eigenvalue weighted by molar-refractivity contribution is -0.132. The third-order valence-electron chi connectivity index (χ3n) is 7.98. The zero-order valence-corrected chi connectivity index (χ0v) is 28.4. The summed E-state index contributed by atoms with van der Waals surface area (Å²) in [6.45, 7) is 3.88. The van der Waals surface area contributed by atoms with Gasteiger partial charge in [0.25, 0.3) is 0 Å². The van der Waals surface area contributed by atoms with Crippen LogP contribution in [0, 0.1) is 0 Å². The monoisotopic (exact) mass is 620 g/mol. The van der Waals surface area contributed by atoms with Gasteiger partial charge in [0.1, 0.15) is 12.2 Å². The van der Waals surface area contributed by atoms with Crippen LogP contribution in [-0.4, -0.2) is 57.3 Å². The molecule has 0 aromatic rings. The summed E-state index contributed by atoms with van der Waals surface area (Å²) in [5.41, 5.74) is 0. The first-order valence-electron chi connectivity index (χ1n) is 18.0. The van der Waals surface area contributed by atoms with E-state index in [-0.39, 0.29) is 0 Å². The second-order valence-electron chi connectivity index (χ2n) is 12.2. The first-order chi connectivity index (χ1) is 21.5. The maximum Gasteiger partial charge on any atom is 0.249 e. The molecule has 0 aliphatic heterocycles. The Labute approximate surface area is 270 Å². The van der Waals surface area contributed by atoms with Crippen LogP contribution in [0.15, 0.2) is 48.6 Å². The number of unbranched alkanes of at least 4 members (excludes halogenated alkanes) is 14. The topological polar surface area (TPSA) is 110 Å². The highest BCUT2D eigenvalue weighted by Gasteiger charge is 2.28. The Bertz CT molecular complexity index is 748. The number of allylic oxidation sites excluding steroid dienone is 8. The molecule has 6 nitrogen and oxygen atoms in total. The summed E-state index contributed by atoms with van der Waals surface area (Å²) in [5, 5.41) is 43.3. The summed E-state index contributed by atoms with van der Waals surface area (Å²) in [5.74, 6) is -0.613. The van der Waals surface area contributed by atoms with Gasteiger partial charge in [0.2, 0.25) is 5.91 Å². The molecule has 0 aliphatic carbocycles. The van der Waals surface area contributed by atoms with Crippen LogP contribution in [0.25, 0.3) is 0 Å². The van der Waals surface area contributed by atoms with Crippen molar-refractivity contribution in [2.45, 2.75) is 179 Å². The summed E-state index contributed by atoms with van der Waals surface area (Å²) < 4.78 is 0. The quantitative estimate of drug-likeness (QED) is 0.0395. The van der Waals surface area contributed by atoms with Crippen molar-refractivity contribution in [3.05, 3.63) is 48.6 Å². The van der Waals surface area contributed by atoms with Gasteiger partial charge in [-0.25, -0.2) is 0 Å². The van der Waals surface area contributed by atoms with Crippen molar-refractivity contribution in [3.8, 4) is 0 Å². The fourth-order valence-electron chi connectivity index (χ4n) is 5.08. The highest BCUT2D eigenvalue weighted by molar-refractivity contribution is 5.80. The third-order valence-corrected chi connectivity index (χ3v) is 7.98. The number of aliphatic hydroxyl groups excluding tert-OH is 4. The van der Waals surface area contributed by atoms with Crippen LogP contribution >= 0.6 is 0 Å². The zero-order valence-electron chi connectivity index (χ0n) is 28.4. The predicted molar refractivity (Wildman–Crippen MR) is 187 cm³/mol. The Hall–Kier alpha value is -1.73. The van der Waals surface area contributed by atoms with Crippen molar-refractivity contribution in [2.24, 2.45) is 0 Å². The molecule has 4 atom stereocenters. The summed E-state index contributed by atoms with van der Waals surface area (Å²) in [4.78, 5) is 12.4. The molecule has 5 N–H and O–H groups in total. The normalized spacial score (nSPS) is 15.1. The molecule has 0 rings (SSSR count). The average molecular weight is 620 g/mol. The zero-order chi connectivity index (χ0) is 32.5. The van der Waals surface area contributed by atoms with Crippen LogP contribution in [-0.2, 0) is 4.79 Å². The smallest absolute Gasteiger partial charge is 0.249 e. The van der Waals surface area contributed by atoms with Crippen LogP contribution in [0.3, 0.4) is 0 Å². The van der Waals surface area contributed by atoms with E-state index >= 15 is 0 Å². The van der Waals surface area contributed by atoms with Crippen LogP contribution < -0.4 is 5.32 Å². The minimum atomic E-state index is -1.30. The number of carbonyl (C=O) groups excluding carboxylic acids is 1. The Morgan fingerprint density at radius 1 is 0.568 bits per heavy atom. The fourth-order valence-corrected chi connectivity index (χ4v) is 5.08. The molecule has 0 fully saturated rings. The lowest BCUT2D eigenvalue weighted by Crippen LogP contribution is -2.53. The number of hydrogen-bond acceptors (Lipinski definition) is 5. The van der Waals surface area contributed by atoms with Gasteiger partial charge in [-0.05, 0) is 83.5 Å². The van der Waals surface area contributed by atoms with Crippen molar-refractivity contribution in [1.29, 1.82) is 0 Å². The van der Waals surface area contributed by atoms with E-state index in [1.165, 1.54) is 51.4 Å². The summed E-state index contributed by atoms with van der Waals surface area (Å²) in [6.07, 6.45) is 37.0. The molecule has 0 heterocycles. The Balaban J connectivity index is 3.94. The van der Waals surface area contributed by atoms with Crippen molar-refractivity contribution >= 4 is 5.91 Å². The SMILES string of the molecule is CC/C=C/CC/C=C/CC/C=C/CCCC(O)C(O)C(CO)NC(=O)C(O)CCCCCC/C=C\CCCCCCCCC.